The van der Waals surface area contributed by atoms with Crippen LogP contribution >= 0.6 is 0 Å². The van der Waals surface area contributed by atoms with Gasteiger partial charge in [0.25, 0.3) is 0 Å². The fraction of sp³-hybridized carbons (Fsp3) is 0.789. The van der Waals surface area contributed by atoms with Crippen molar-refractivity contribution in [2.45, 2.75) is 71.4 Å². The second-order valence-corrected chi connectivity index (χ2v) is 7.62. The number of amides is 1. The SMILES string of the molecule is CCc1nn(C)c(CC)c1CNC(=O)C1CC2CCCC(C1)C2N. The number of nitrogens with zero attached hydrogens (tertiary/aromatic N) is 2. The van der Waals surface area contributed by atoms with E-state index in [2.05, 4.69) is 24.3 Å². The molecule has 0 aliphatic heterocycles. The second-order valence-electron chi connectivity index (χ2n) is 7.62. The van der Waals surface area contributed by atoms with Gasteiger partial charge in [-0.25, -0.2) is 0 Å². The molecule has 1 aromatic rings. The number of aryl methyl sites for hydroxylation is 2. The first kappa shape index (κ1) is 17.5. The van der Waals surface area contributed by atoms with Crippen LogP contribution in [0.15, 0.2) is 0 Å². The maximum Gasteiger partial charge on any atom is 0.223 e. The van der Waals surface area contributed by atoms with Crippen LogP contribution in [0.2, 0.25) is 0 Å². The highest BCUT2D eigenvalue weighted by Gasteiger charge is 2.40. The van der Waals surface area contributed by atoms with Gasteiger partial charge in [-0.2, -0.15) is 5.10 Å². The van der Waals surface area contributed by atoms with Gasteiger partial charge in [-0.1, -0.05) is 20.3 Å². The predicted molar refractivity (Wildman–Crippen MR) is 95.3 cm³/mol. The Hall–Kier alpha value is -1.36. The summed E-state index contributed by atoms with van der Waals surface area (Å²) in [4.78, 5) is 12.7. The molecule has 3 rings (SSSR count). The van der Waals surface area contributed by atoms with Crippen molar-refractivity contribution < 1.29 is 4.79 Å². The van der Waals surface area contributed by atoms with Crippen LogP contribution in [0.4, 0.5) is 0 Å². The van der Waals surface area contributed by atoms with E-state index in [1.54, 1.807) is 0 Å². The van der Waals surface area contributed by atoms with Gasteiger partial charge >= 0.3 is 0 Å². The average molecular weight is 332 g/mol. The summed E-state index contributed by atoms with van der Waals surface area (Å²) < 4.78 is 1.96. The number of hydrogen-bond donors (Lipinski definition) is 2. The largest absolute Gasteiger partial charge is 0.352 e. The molecule has 134 valence electrons. The number of hydrogen-bond acceptors (Lipinski definition) is 3. The van der Waals surface area contributed by atoms with E-state index in [0.29, 0.717) is 24.4 Å². The van der Waals surface area contributed by atoms with Crippen molar-refractivity contribution in [2.24, 2.45) is 30.5 Å². The molecular weight excluding hydrogens is 300 g/mol. The zero-order valence-electron chi connectivity index (χ0n) is 15.3. The molecule has 2 unspecified atom stereocenters. The van der Waals surface area contributed by atoms with E-state index in [0.717, 1.165) is 31.4 Å². The molecule has 1 amide bonds. The standard InChI is InChI=1S/C19H32N4O/c1-4-16-15(17(5-2)23(3)22-16)11-21-19(24)14-9-12-7-6-8-13(10-14)18(12)20/h12-14,18H,4-11,20H2,1-3H3,(H,21,24). The Morgan fingerprint density at radius 2 is 1.92 bits per heavy atom. The Morgan fingerprint density at radius 1 is 1.25 bits per heavy atom. The molecule has 2 saturated carbocycles. The molecule has 0 spiro atoms. The lowest BCUT2D eigenvalue weighted by Crippen LogP contribution is -2.49. The Balaban J connectivity index is 1.64. The minimum atomic E-state index is 0.145. The monoisotopic (exact) mass is 332 g/mol. The van der Waals surface area contributed by atoms with Crippen LogP contribution in [0.3, 0.4) is 0 Å². The van der Waals surface area contributed by atoms with E-state index in [1.807, 2.05) is 11.7 Å². The van der Waals surface area contributed by atoms with Crippen LogP contribution in [0, 0.1) is 17.8 Å². The zero-order valence-corrected chi connectivity index (χ0v) is 15.3. The molecule has 2 bridgehead atoms. The lowest BCUT2D eigenvalue weighted by molar-refractivity contribution is -0.128. The molecule has 2 aliphatic carbocycles. The Morgan fingerprint density at radius 3 is 2.50 bits per heavy atom. The van der Waals surface area contributed by atoms with Gasteiger partial charge in [0.1, 0.15) is 0 Å². The number of carbonyl (C=O) groups is 1. The van der Waals surface area contributed by atoms with E-state index in [9.17, 15) is 4.79 Å². The Kier molecular flexibility index (Phi) is 5.28. The average Bonchev–Trinajstić information content (AvgIpc) is 2.87. The number of nitrogens with two attached hydrogens (primary N) is 1. The molecule has 0 radical (unpaired) electrons. The van der Waals surface area contributed by atoms with Crippen LogP contribution in [0.5, 0.6) is 0 Å². The highest BCUT2D eigenvalue weighted by molar-refractivity contribution is 5.78. The van der Waals surface area contributed by atoms with Gasteiger partial charge in [0, 0.05) is 36.8 Å². The topological polar surface area (TPSA) is 72.9 Å². The Bertz CT molecular complexity index is 580. The van der Waals surface area contributed by atoms with E-state index < -0.39 is 0 Å². The lowest BCUT2D eigenvalue weighted by Gasteiger charge is -2.43. The summed E-state index contributed by atoms with van der Waals surface area (Å²) in [6, 6.07) is 0.319. The fourth-order valence-electron chi connectivity index (χ4n) is 4.92. The third kappa shape index (κ3) is 3.23. The molecule has 1 aromatic heterocycles. The minimum absolute atomic E-state index is 0.145. The van der Waals surface area contributed by atoms with E-state index in [-0.39, 0.29) is 11.8 Å². The van der Waals surface area contributed by atoms with Gasteiger partial charge < -0.3 is 11.1 Å². The van der Waals surface area contributed by atoms with Gasteiger partial charge in [0.2, 0.25) is 5.91 Å². The van der Waals surface area contributed by atoms with Crippen molar-refractivity contribution in [1.29, 1.82) is 0 Å². The fourth-order valence-corrected chi connectivity index (χ4v) is 4.92. The van der Waals surface area contributed by atoms with Crippen molar-refractivity contribution in [3.05, 3.63) is 17.0 Å². The van der Waals surface area contributed by atoms with E-state index >= 15 is 0 Å². The smallest absolute Gasteiger partial charge is 0.223 e. The van der Waals surface area contributed by atoms with Gasteiger partial charge in [-0.05, 0) is 50.4 Å². The van der Waals surface area contributed by atoms with E-state index in [4.69, 9.17) is 5.73 Å². The molecule has 2 aliphatic rings. The van der Waals surface area contributed by atoms with Crippen molar-refractivity contribution in [1.82, 2.24) is 15.1 Å². The molecular formula is C19H32N4O. The Labute approximate surface area is 145 Å². The first-order chi connectivity index (χ1) is 11.5. The first-order valence-electron chi connectivity index (χ1n) is 9.62. The molecule has 2 fully saturated rings. The molecule has 0 saturated heterocycles. The summed E-state index contributed by atoms with van der Waals surface area (Å²) in [5.41, 5.74) is 9.90. The summed E-state index contributed by atoms with van der Waals surface area (Å²) in [5.74, 6) is 1.45. The highest BCUT2D eigenvalue weighted by atomic mass is 16.1. The van der Waals surface area contributed by atoms with Crippen LogP contribution in [-0.2, 0) is 31.2 Å². The predicted octanol–water partition coefficient (Wildman–Crippen LogP) is 2.31. The zero-order chi connectivity index (χ0) is 17.3. The number of rotatable bonds is 5. The third-order valence-electron chi connectivity index (χ3n) is 6.25. The van der Waals surface area contributed by atoms with Crippen LogP contribution in [0.25, 0.3) is 0 Å². The maximum absolute atomic E-state index is 12.7. The quantitative estimate of drug-likeness (QED) is 0.869. The normalized spacial score (nSPS) is 29.5. The number of aromatic nitrogens is 2. The summed E-state index contributed by atoms with van der Waals surface area (Å²) in [6.45, 7) is 4.87. The number of carbonyl (C=O) groups excluding carboxylic acids is 1. The van der Waals surface area contributed by atoms with Crippen LogP contribution in [-0.4, -0.2) is 21.7 Å². The molecule has 5 nitrogen and oxygen atoms in total. The first-order valence-corrected chi connectivity index (χ1v) is 9.62. The van der Waals surface area contributed by atoms with E-state index in [1.165, 1.54) is 30.5 Å². The third-order valence-corrected chi connectivity index (χ3v) is 6.25. The van der Waals surface area contributed by atoms with Crippen LogP contribution < -0.4 is 11.1 Å². The van der Waals surface area contributed by atoms with Gasteiger partial charge in [-0.3, -0.25) is 9.48 Å². The minimum Gasteiger partial charge on any atom is -0.352 e. The molecule has 2 atom stereocenters. The summed E-state index contributed by atoms with van der Waals surface area (Å²) in [7, 11) is 1.99. The number of fused-ring (bicyclic) bond motifs is 2. The molecule has 5 heteroatoms. The molecule has 0 aromatic carbocycles. The highest BCUT2D eigenvalue weighted by Crippen LogP contribution is 2.41. The second kappa shape index (κ2) is 7.26. The summed E-state index contributed by atoms with van der Waals surface area (Å²) in [5, 5.41) is 7.80. The molecule has 1 heterocycles. The molecule has 24 heavy (non-hydrogen) atoms. The summed E-state index contributed by atoms with van der Waals surface area (Å²) in [6.07, 6.45) is 7.47. The van der Waals surface area contributed by atoms with Gasteiger partial charge in [0.05, 0.1) is 5.69 Å². The number of nitrogens with one attached hydrogen (secondary N) is 1. The van der Waals surface area contributed by atoms with Crippen molar-refractivity contribution in [3.63, 3.8) is 0 Å². The van der Waals surface area contributed by atoms with Gasteiger partial charge in [0.15, 0.2) is 0 Å². The maximum atomic E-state index is 12.7. The van der Waals surface area contributed by atoms with Crippen molar-refractivity contribution in [3.8, 4) is 0 Å². The van der Waals surface area contributed by atoms with Crippen molar-refractivity contribution in [2.75, 3.05) is 0 Å². The van der Waals surface area contributed by atoms with Crippen molar-refractivity contribution >= 4 is 5.91 Å². The summed E-state index contributed by atoms with van der Waals surface area (Å²) >= 11 is 0. The van der Waals surface area contributed by atoms with Crippen LogP contribution in [0.1, 0.15) is 62.9 Å². The van der Waals surface area contributed by atoms with Gasteiger partial charge in [-0.15, -0.1) is 0 Å². The molecule has 3 N–H and O–H groups in total. The lowest BCUT2D eigenvalue weighted by atomic mass is 9.65.